The third kappa shape index (κ3) is 4.55. The quantitative estimate of drug-likeness (QED) is 0.228. The highest BCUT2D eigenvalue weighted by Crippen LogP contribution is 2.31. The lowest BCUT2D eigenvalue weighted by atomic mass is 10.2. The number of benzene rings is 4. The van der Waals surface area contributed by atoms with Crippen molar-refractivity contribution < 1.29 is 13.9 Å². The maximum atomic E-state index is 13.1. The lowest BCUT2D eigenvalue weighted by molar-refractivity contribution is 0.0734. The van der Waals surface area contributed by atoms with Gasteiger partial charge in [0.05, 0.1) is 16.5 Å². The van der Waals surface area contributed by atoms with Gasteiger partial charge in [0.2, 0.25) is 0 Å². The fourth-order valence-corrected chi connectivity index (χ4v) is 5.07. The summed E-state index contributed by atoms with van der Waals surface area (Å²) in [6.07, 6.45) is 0. The van der Waals surface area contributed by atoms with Gasteiger partial charge in [0.25, 0.3) is 0 Å². The molecule has 4 aromatic carbocycles. The zero-order chi connectivity index (χ0) is 20.1. The standard InChI is InChI=1S/C25H18FO2S/c26-20-14-16-21(17-15-20)28-25(27)19-8-7-13-24(18-19)29(22-9-3-1-4-10-22)23-11-5-2-6-12-23/h1-18H/q+1. The largest absolute Gasteiger partial charge is 0.423 e. The molecule has 4 aromatic rings. The average Bonchev–Trinajstić information content (AvgIpc) is 2.77. The Balaban J connectivity index is 1.68. The Labute approximate surface area is 171 Å². The summed E-state index contributed by atoms with van der Waals surface area (Å²) in [5.74, 6) is -0.531. The van der Waals surface area contributed by atoms with Gasteiger partial charge in [-0.2, -0.15) is 0 Å². The van der Waals surface area contributed by atoms with Crippen LogP contribution in [0.5, 0.6) is 5.75 Å². The van der Waals surface area contributed by atoms with Gasteiger partial charge in [-0.1, -0.05) is 42.5 Å². The second-order valence-corrected chi connectivity index (χ2v) is 8.33. The molecule has 4 heteroatoms. The van der Waals surface area contributed by atoms with Crippen molar-refractivity contribution in [2.24, 2.45) is 0 Å². The van der Waals surface area contributed by atoms with Crippen LogP contribution in [0.2, 0.25) is 0 Å². The van der Waals surface area contributed by atoms with Crippen molar-refractivity contribution in [1.82, 2.24) is 0 Å². The second-order valence-electron chi connectivity index (χ2n) is 6.30. The molecule has 29 heavy (non-hydrogen) atoms. The Kier molecular flexibility index (Phi) is 5.73. The van der Waals surface area contributed by atoms with Crippen molar-refractivity contribution >= 4 is 16.9 Å². The minimum absolute atomic E-state index is 0.312. The molecule has 0 atom stereocenters. The van der Waals surface area contributed by atoms with E-state index in [1.807, 2.05) is 54.6 Å². The molecule has 4 rings (SSSR count). The molecule has 142 valence electrons. The lowest BCUT2D eigenvalue weighted by Crippen LogP contribution is -2.11. The van der Waals surface area contributed by atoms with Gasteiger partial charge in [-0.05, 0) is 60.7 Å². The summed E-state index contributed by atoms with van der Waals surface area (Å²) in [4.78, 5) is 16.0. The van der Waals surface area contributed by atoms with E-state index in [0.29, 0.717) is 11.3 Å². The van der Waals surface area contributed by atoms with E-state index in [2.05, 4.69) is 24.3 Å². The van der Waals surface area contributed by atoms with Gasteiger partial charge < -0.3 is 4.74 Å². The van der Waals surface area contributed by atoms with Crippen LogP contribution in [-0.2, 0) is 10.9 Å². The Morgan fingerprint density at radius 1 is 0.655 bits per heavy atom. The molecule has 0 aliphatic rings. The number of rotatable bonds is 5. The molecule has 0 aliphatic heterocycles. The van der Waals surface area contributed by atoms with Crippen LogP contribution in [-0.4, -0.2) is 5.97 Å². The highest BCUT2D eigenvalue weighted by atomic mass is 32.2. The van der Waals surface area contributed by atoms with E-state index in [9.17, 15) is 9.18 Å². The average molecular weight is 401 g/mol. The van der Waals surface area contributed by atoms with Crippen LogP contribution >= 0.6 is 0 Å². The highest BCUT2D eigenvalue weighted by Gasteiger charge is 2.29. The second kappa shape index (κ2) is 8.76. The molecule has 0 saturated carbocycles. The summed E-state index contributed by atoms with van der Waals surface area (Å²) >= 11 is 0. The van der Waals surface area contributed by atoms with Crippen molar-refractivity contribution in [1.29, 1.82) is 0 Å². The van der Waals surface area contributed by atoms with E-state index in [4.69, 9.17) is 4.74 Å². The molecule has 0 radical (unpaired) electrons. The first-order valence-electron chi connectivity index (χ1n) is 9.13. The summed E-state index contributed by atoms with van der Waals surface area (Å²) < 4.78 is 18.5. The van der Waals surface area contributed by atoms with E-state index >= 15 is 0 Å². The van der Waals surface area contributed by atoms with Gasteiger partial charge >= 0.3 is 5.97 Å². The van der Waals surface area contributed by atoms with Gasteiger partial charge in [0.15, 0.2) is 14.7 Å². The van der Waals surface area contributed by atoms with Gasteiger partial charge in [0.1, 0.15) is 11.6 Å². The molecule has 0 spiro atoms. The third-order valence-electron chi connectivity index (χ3n) is 4.29. The number of carbonyl (C=O) groups excluding carboxylic acids is 1. The minimum Gasteiger partial charge on any atom is -0.423 e. The summed E-state index contributed by atoms with van der Waals surface area (Å²) in [5.41, 5.74) is 0.455. The van der Waals surface area contributed by atoms with Crippen LogP contribution < -0.4 is 4.74 Å². The molecular weight excluding hydrogens is 383 g/mol. The number of esters is 1. The van der Waals surface area contributed by atoms with Crippen LogP contribution in [0.25, 0.3) is 0 Å². The molecule has 0 unspecified atom stereocenters. The van der Waals surface area contributed by atoms with Crippen molar-refractivity contribution in [3.63, 3.8) is 0 Å². The maximum Gasteiger partial charge on any atom is 0.343 e. The molecule has 0 fully saturated rings. The molecule has 0 bridgehead atoms. The molecule has 0 N–H and O–H groups in total. The van der Waals surface area contributed by atoms with Crippen molar-refractivity contribution in [3.05, 3.63) is 121 Å². The van der Waals surface area contributed by atoms with Crippen molar-refractivity contribution in [2.75, 3.05) is 0 Å². The van der Waals surface area contributed by atoms with E-state index in [0.717, 1.165) is 4.90 Å². The smallest absolute Gasteiger partial charge is 0.343 e. The molecule has 0 saturated heterocycles. The fourth-order valence-electron chi connectivity index (χ4n) is 2.94. The van der Waals surface area contributed by atoms with Crippen molar-refractivity contribution in [3.8, 4) is 5.75 Å². The van der Waals surface area contributed by atoms with Crippen LogP contribution in [0.4, 0.5) is 4.39 Å². The van der Waals surface area contributed by atoms with E-state index in [-0.39, 0.29) is 16.7 Å². The van der Waals surface area contributed by atoms with Gasteiger partial charge in [-0.25, -0.2) is 9.18 Å². The minimum atomic E-state index is -0.469. The molecular formula is C25H18FO2S+. The molecule has 2 nitrogen and oxygen atoms in total. The summed E-state index contributed by atoms with van der Waals surface area (Å²) in [6.45, 7) is 0. The topological polar surface area (TPSA) is 26.3 Å². The zero-order valence-corrected chi connectivity index (χ0v) is 16.3. The molecule has 0 amide bonds. The van der Waals surface area contributed by atoms with E-state index in [1.165, 1.54) is 34.1 Å². The summed E-state index contributed by atoms with van der Waals surface area (Å²) in [7, 11) is -0.348. The van der Waals surface area contributed by atoms with Crippen molar-refractivity contribution in [2.45, 2.75) is 14.7 Å². The van der Waals surface area contributed by atoms with E-state index in [1.54, 1.807) is 6.07 Å². The van der Waals surface area contributed by atoms with Crippen LogP contribution in [0.1, 0.15) is 10.4 Å². The van der Waals surface area contributed by atoms with Crippen LogP contribution in [0.15, 0.2) is 124 Å². The van der Waals surface area contributed by atoms with Gasteiger partial charge in [-0.15, -0.1) is 0 Å². The predicted octanol–water partition coefficient (Wildman–Crippen LogP) is 6.14. The number of ether oxygens (including phenoxy) is 1. The number of hydrogen-bond acceptors (Lipinski definition) is 2. The number of hydrogen-bond donors (Lipinski definition) is 0. The Morgan fingerprint density at radius 2 is 1.21 bits per heavy atom. The SMILES string of the molecule is O=C(Oc1ccc(F)cc1)c1cccc([S+](c2ccccc2)c2ccccc2)c1. The van der Waals surface area contributed by atoms with Crippen LogP contribution in [0.3, 0.4) is 0 Å². The Hall–Kier alpha value is -3.37. The van der Waals surface area contributed by atoms with Gasteiger partial charge in [0, 0.05) is 6.07 Å². The molecule has 0 aliphatic carbocycles. The summed E-state index contributed by atoms with van der Waals surface area (Å²) in [5, 5.41) is 0. The first-order chi connectivity index (χ1) is 14.2. The third-order valence-corrected chi connectivity index (χ3v) is 6.50. The monoisotopic (exact) mass is 401 g/mol. The lowest BCUT2D eigenvalue weighted by Gasteiger charge is -2.09. The molecule has 0 aromatic heterocycles. The zero-order valence-electron chi connectivity index (χ0n) is 15.5. The maximum absolute atomic E-state index is 13.1. The van der Waals surface area contributed by atoms with Crippen LogP contribution in [0, 0.1) is 5.82 Å². The normalized spacial score (nSPS) is 10.7. The first kappa shape index (κ1) is 19.0. The summed E-state index contributed by atoms with van der Waals surface area (Å²) in [6, 6.07) is 33.3. The Morgan fingerprint density at radius 3 is 1.79 bits per heavy atom. The Bertz CT molecular complexity index is 1060. The number of halogens is 1. The first-order valence-corrected chi connectivity index (χ1v) is 10.4. The van der Waals surface area contributed by atoms with E-state index < -0.39 is 5.97 Å². The molecule has 0 heterocycles. The highest BCUT2D eigenvalue weighted by molar-refractivity contribution is 7.97. The fraction of sp³-hybridized carbons (Fsp3) is 0. The predicted molar refractivity (Wildman–Crippen MR) is 113 cm³/mol. The van der Waals surface area contributed by atoms with Gasteiger partial charge in [-0.3, -0.25) is 0 Å². The number of carbonyl (C=O) groups is 1.